The summed E-state index contributed by atoms with van der Waals surface area (Å²) in [5.41, 5.74) is 1.83. The highest BCUT2D eigenvalue weighted by Crippen LogP contribution is 2.38. The van der Waals surface area contributed by atoms with Gasteiger partial charge in [-0.3, -0.25) is 9.59 Å². The van der Waals surface area contributed by atoms with Gasteiger partial charge in [-0.2, -0.15) is 10.2 Å². The van der Waals surface area contributed by atoms with E-state index in [1.807, 2.05) is 6.07 Å². The van der Waals surface area contributed by atoms with Crippen molar-refractivity contribution in [3.63, 3.8) is 0 Å². The van der Waals surface area contributed by atoms with Gasteiger partial charge in [-0.05, 0) is 44.2 Å². The molecule has 2 aromatic rings. The van der Waals surface area contributed by atoms with E-state index in [0.717, 1.165) is 18.4 Å². The number of hydrogen-bond donors (Lipinski definition) is 2. The lowest BCUT2D eigenvalue weighted by molar-refractivity contribution is -0.121. The van der Waals surface area contributed by atoms with Crippen LogP contribution in [-0.2, 0) is 17.8 Å². The van der Waals surface area contributed by atoms with Crippen LogP contribution in [0.5, 0.6) is 0 Å². The lowest BCUT2D eigenvalue weighted by atomic mass is 9.99. The maximum Gasteiger partial charge on any atom is 0.266 e. The van der Waals surface area contributed by atoms with E-state index in [4.69, 9.17) is 9.78 Å². The molecule has 2 heterocycles. The lowest BCUT2D eigenvalue weighted by Gasteiger charge is -2.10. The molecule has 1 saturated carbocycles. The molecule has 2 N–H and O–H groups in total. The second kappa shape index (κ2) is 6.89. The Bertz CT molecular complexity index is 902. The van der Waals surface area contributed by atoms with Crippen LogP contribution in [-0.4, -0.2) is 21.0 Å². The van der Waals surface area contributed by atoms with E-state index in [-0.39, 0.29) is 24.4 Å². The number of nitrogens with one attached hydrogen (secondary N) is 2. The summed E-state index contributed by atoms with van der Waals surface area (Å²) >= 11 is 0. The quantitative estimate of drug-likeness (QED) is 0.817. The van der Waals surface area contributed by atoms with E-state index in [2.05, 4.69) is 20.4 Å². The maximum absolute atomic E-state index is 12.0. The zero-order valence-electron chi connectivity index (χ0n) is 14.2. The topological polar surface area (TPSA) is 125 Å². The summed E-state index contributed by atoms with van der Waals surface area (Å²) in [5, 5.41) is 15.7. The predicted molar refractivity (Wildman–Crippen MR) is 87.7 cm³/mol. The molecule has 130 valence electrons. The second-order valence-corrected chi connectivity index (χ2v) is 6.27. The largest absolute Gasteiger partial charge is 0.347 e. The fourth-order valence-electron chi connectivity index (χ4n) is 2.77. The molecule has 0 aromatic carbocycles. The molecule has 8 nitrogen and oxygen atoms in total. The van der Waals surface area contributed by atoms with E-state index >= 15 is 0 Å². The summed E-state index contributed by atoms with van der Waals surface area (Å²) in [6.07, 6.45) is 2.86. The van der Waals surface area contributed by atoms with Crippen molar-refractivity contribution in [3.05, 3.63) is 44.5 Å². The van der Waals surface area contributed by atoms with Crippen molar-refractivity contribution in [1.82, 2.24) is 20.4 Å². The zero-order valence-corrected chi connectivity index (χ0v) is 14.2. The Labute approximate surface area is 144 Å². The van der Waals surface area contributed by atoms with Crippen molar-refractivity contribution in [2.45, 2.75) is 52.0 Å². The highest BCUT2D eigenvalue weighted by atomic mass is 16.5. The van der Waals surface area contributed by atoms with E-state index in [9.17, 15) is 9.59 Å². The van der Waals surface area contributed by atoms with Crippen molar-refractivity contribution >= 4 is 5.91 Å². The summed E-state index contributed by atoms with van der Waals surface area (Å²) in [6, 6.07) is 1.91. The van der Waals surface area contributed by atoms with Crippen LogP contribution in [0.2, 0.25) is 0 Å². The molecule has 0 unspecified atom stereocenters. The molecule has 0 spiro atoms. The number of H-pyrrole nitrogens is 1. The summed E-state index contributed by atoms with van der Waals surface area (Å²) in [7, 11) is 0. The van der Waals surface area contributed by atoms with Gasteiger partial charge in [-0.25, -0.2) is 0 Å². The minimum absolute atomic E-state index is 0.0967. The number of carbonyl (C=O) groups is 1. The Morgan fingerprint density at radius 3 is 2.88 bits per heavy atom. The van der Waals surface area contributed by atoms with Crippen molar-refractivity contribution in [1.29, 1.82) is 5.26 Å². The molecule has 1 aliphatic rings. The fourth-order valence-corrected chi connectivity index (χ4v) is 2.77. The monoisotopic (exact) mass is 341 g/mol. The molecule has 0 aliphatic heterocycles. The van der Waals surface area contributed by atoms with Crippen LogP contribution in [0.1, 0.15) is 59.3 Å². The highest BCUT2D eigenvalue weighted by molar-refractivity contribution is 5.76. The van der Waals surface area contributed by atoms with Gasteiger partial charge in [0.25, 0.3) is 5.56 Å². The van der Waals surface area contributed by atoms with Crippen LogP contribution in [0.15, 0.2) is 9.32 Å². The first-order valence-corrected chi connectivity index (χ1v) is 8.21. The van der Waals surface area contributed by atoms with Gasteiger partial charge >= 0.3 is 0 Å². The van der Waals surface area contributed by atoms with Crippen LogP contribution in [0, 0.1) is 25.2 Å². The number of nitrogens with zero attached hydrogens (tertiary/aromatic N) is 3. The number of aryl methyl sites for hydroxylation is 1. The number of amides is 1. The van der Waals surface area contributed by atoms with Gasteiger partial charge in [-0.1, -0.05) is 5.16 Å². The molecule has 8 heteroatoms. The van der Waals surface area contributed by atoms with Gasteiger partial charge in [0.15, 0.2) is 5.82 Å². The van der Waals surface area contributed by atoms with Crippen LogP contribution >= 0.6 is 0 Å². The number of rotatable bonds is 6. The highest BCUT2D eigenvalue weighted by Gasteiger charge is 2.28. The number of nitriles is 1. The van der Waals surface area contributed by atoms with Crippen LogP contribution in [0.25, 0.3) is 0 Å². The summed E-state index contributed by atoms with van der Waals surface area (Å²) in [5.74, 6) is 1.37. The van der Waals surface area contributed by atoms with E-state index in [1.165, 1.54) is 0 Å². The number of hydrogen-bond acceptors (Lipinski definition) is 6. The van der Waals surface area contributed by atoms with Crippen LogP contribution in [0.3, 0.4) is 0 Å². The average molecular weight is 341 g/mol. The summed E-state index contributed by atoms with van der Waals surface area (Å²) in [4.78, 5) is 30.7. The van der Waals surface area contributed by atoms with Gasteiger partial charge in [0.2, 0.25) is 11.8 Å². The standard InChI is InChI=1S/C17H19N5O3/c1-9-12(10(2)20-17(24)13(9)7-18)5-6-14(23)19-8-15-21-16(22-25-15)11-3-4-11/h11H,3-6,8H2,1-2H3,(H,19,23)(H,20,24). The Morgan fingerprint density at radius 1 is 1.44 bits per heavy atom. The smallest absolute Gasteiger partial charge is 0.266 e. The van der Waals surface area contributed by atoms with E-state index in [0.29, 0.717) is 35.3 Å². The summed E-state index contributed by atoms with van der Waals surface area (Å²) < 4.78 is 5.11. The van der Waals surface area contributed by atoms with Crippen molar-refractivity contribution in [2.75, 3.05) is 0 Å². The molecule has 3 rings (SSSR count). The fraction of sp³-hybridized carbons (Fsp3) is 0.471. The van der Waals surface area contributed by atoms with Crippen LogP contribution in [0.4, 0.5) is 0 Å². The minimum Gasteiger partial charge on any atom is -0.347 e. The molecule has 0 radical (unpaired) electrons. The normalized spacial score (nSPS) is 13.5. The Morgan fingerprint density at radius 2 is 2.20 bits per heavy atom. The Balaban J connectivity index is 1.57. The average Bonchev–Trinajstić information content (AvgIpc) is 3.31. The van der Waals surface area contributed by atoms with Crippen molar-refractivity contribution in [2.24, 2.45) is 0 Å². The Kier molecular flexibility index (Phi) is 4.65. The first-order chi connectivity index (χ1) is 12.0. The third-order valence-corrected chi connectivity index (χ3v) is 4.39. The SMILES string of the molecule is Cc1[nH]c(=O)c(C#N)c(C)c1CCC(=O)NCc1nc(C2CC2)no1. The number of aromatic amines is 1. The van der Waals surface area contributed by atoms with E-state index in [1.54, 1.807) is 13.8 Å². The maximum atomic E-state index is 12.0. The number of aromatic nitrogens is 3. The molecule has 25 heavy (non-hydrogen) atoms. The van der Waals surface area contributed by atoms with E-state index < -0.39 is 5.56 Å². The molecule has 0 saturated heterocycles. The molecular formula is C17H19N5O3. The van der Waals surface area contributed by atoms with Gasteiger partial charge < -0.3 is 14.8 Å². The molecule has 2 aromatic heterocycles. The van der Waals surface area contributed by atoms with Crippen molar-refractivity contribution < 1.29 is 9.32 Å². The second-order valence-electron chi connectivity index (χ2n) is 6.27. The minimum atomic E-state index is -0.395. The molecular weight excluding hydrogens is 322 g/mol. The molecule has 0 atom stereocenters. The summed E-state index contributed by atoms with van der Waals surface area (Å²) in [6.45, 7) is 3.69. The van der Waals surface area contributed by atoms with Crippen molar-refractivity contribution in [3.8, 4) is 6.07 Å². The molecule has 1 amide bonds. The Hall–Kier alpha value is -2.95. The third kappa shape index (κ3) is 3.76. The molecule has 1 fully saturated rings. The van der Waals surface area contributed by atoms with Gasteiger partial charge in [0.05, 0.1) is 6.54 Å². The lowest BCUT2D eigenvalue weighted by Crippen LogP contribution is -2.24. The third-order valence-electron chi connectivity index (χ3n) is 4.39. The van der Waals surface area contributed by atoms with Gasteiger partial charge in [0.1, 0.15) is 11.6 Å². The zero-order chi connectivity index (χ0) is 18.0. The van der Waals surface area contributed by atoms with Crippen LogP contribution < -0.4 is 10.9 Å². The predicted octanol–water partition coefficient (Wildman–Crippen LogP) is 1.37. The number of pyridine rings is 1. The first-order valence-electron chi connectivity index (χ1n) is 8.21. The number of carbonyl (C=O) groups excluding carboxylic acids is 1. The van der Waals surface area contributed by atoms with Gasteiger partial charge in [-0.15, -0.1) is 0 Å². The first kappa shape index (κ1) is 16.9. The molecule has 0 bridgehead atoms. The van der Waals surface area contributed by atoms with Gasteiger partial charge in [0, 0.05) is 18.0 Å². The molecule has 1 aliphatic carbocycles.